The molecule has 1 aromatic rings. The standard InChI is InChI=1S/C18H14N2O5/c1-11-17(18(22)25-2)14-8-13(21)9-16(20(23)24)15(14)10-19(11)12-6-4-3-5-7-12/h3-10H,1-2H3. The molecule has 7 heteroatoms. The van der Waals surface area contributed by atoms with E-state index in [0.29, 0.717) is 5.69 Å². The lowest BCUT2D eigenvalue weighted by atomic mass is 9.95. The number of para-hydroxylation sites is 1. The van der Waals surface area contributed by atoms with Crippen LogP contribution in [0.1, 0.15) is 16.1 Å². The van der Waals surface area contributed by atoms with Crippen molar-refractivity contribution in [3.05, 3.63) is 80.3 Å². The number of pyridine rings is 1. The highest BCUT2D eigenvalue weighted by molar-refractivity contribution is 6.00. The number of hydrogen-bond acceptors (Lipinski definition) is 5. The maximum absolute atomic E-state index is 12.3. The van der Waals surface area contributed by atoms with Gasteiger partial charge in [-0.1, -0.05) is 18.2 Å². The van der Waals surface area contributed by atoms with E-state index < -0.39 is 16.3 Å². The average Bonchev–Trinajstić information content (AvgIpc) is 2.60. The minimum atomic E-state index is -0.660. The molecule has 126 valence electrons. The third kappa shape index (κ3) is 2.76. The number of fused-ring (bicyclic) bond motifs is 1. The van der Waals surface area contributed by atoms with E-state index in [2.05, 4.69) is 0 Å². The number of ether oxygens (including phenoxy) is 1. The number of esters is 1. The van der Waals surface area contributed by atoms with Gasteiger partial charge in [0, 0.05) is 23.1 Å². The van der Waals surface area contributed by atoms with E-state index in [9.17, 15) is 19.7 Å². The van der Waals surface area contributed by atoms with Gasteiger partial charge in [0.1, 0.15) is 0 Å². The number of carbonyl (C=O) groups excluding carboxylic acids is 1. The Morgan fingerprint density at radius 3 is 2.44 bits per heavy atom. The summed E-state index contributed by atoms with van der Waals surface area (Å²) in [5.41, 5.74) is 0.886. The fourth-order valence-electron chi connectivity index (χ4n) is 2.86. The second kappa shape index (κ2) is 6.20. The molecule has 0 spiro atoms. The quantitative estimate of drug-likeness (QED) is 0.416. The topological polar surface area (TPSA) is 91.4 Å². The largest absolute Gasteiger partial charge is 0.465 e. The molecule has 7 nitrogen and oxygen atoms in total. The first-order valence-electron chi connectivity index (χ1n) is 7.42. The first kappa shape index (κ1) is 16.4. The molecular weight excluding hydrogens is 324 g/mol. The van der Waals surface area contributed by atoms with Gasteiger partial charge >= 0.3 is 5.97 Å². The lowest BCUT2D eigenvalue weighted by molar-refractivity contribution is -0.384. The summed E-state index contributed by atoms with van der Waals surface area (Å²) in [6.45, 7) is 1.70. The van der Waals surface area contributed by atoms with E-state index in [1.165, 1.54) is 13.2 Å². The molecule has 1 aliphatic heterocycles. The zero-order chi connectivity index (χ0) is 18.1. The number of nitro benzene ring substituents is 1. The molecule has 0 atom stereocenters. The molecule has 2 aliphatic rings. The van der Waals surface area contributed by atoms with Gasteiger partial charge < -0.3 is 9.30 Å². The summed E-state index contributed by atoms with van der Waals surface area (Å²) in [4.78, 5) is 35.0. The molecule has 0 bridgehead atoms. The highest BCUT2D eigenvalue weighted by Gasteiger charge is 2.27. The maximum atomic E-state index is 12.3. The molecule has 1 heterocycles. The smallest absolute Gasteiger partial charge is 0.340 e. The predicted octanol–water partition coefficient (Wildman–Crippen LogP) is 2.95. The van der Waals surface area contributed by atoms with E-state index in [-0.39, 0.29) is 22.4 Å². The van der Waals surface area contributed by atoms with Crippen LogP contribution in [0, 0.1) is 17.0 Å². The van der Waals surface area contributed by atoms with Gasteiger partial charge in [0.25, 0.3) is 5.69 Å². The van der Waals surface area contributed by atoms with Crippen LogP contribution in [0.15, 0.2) is 53.5 Å². The Balaban J connectivity index is 2.49. The van der Waals surface area contributed by atoms with Crippen molar-refractivity contribution in [2.45, 2.75) is 6.92 Å². The van der Waals surface area contributed by atoms with E-state index >= 15 is 0 Å². The molecule has 0 fully saturated rings. The number of carbonyl (C=O) groups is 1. The minimum absolute atomic E-state index is 0.129. The molecule has 1 aromatic carbocycles. The first-order chi connectivity index (χ1) is 11.9. The molecule has 0 saturated heterocycles. The normalized spacial score (nSPS) is 10.6. The van der Waals surface area contributed by atoms with Crippen LogP contribution in [-0.2, 0) is 4.74 Å². The summed E-state index contributed by atoms with van der Waals surface area (Å²) >= 11 is 0. The first-order valence-corrected chi connectivity index (χ1v) is 7.42. The molecule has 0 N–H and O–H groups in total. The molecule has 0 amide bonds. The molecular formula is C18H14N2O5. The lowest BCUT2D eigenvalue weighted by Gasteiger charge is -2.19. The summed E-state index contributed by atoms with van der Waals surface area (Å²) in [6, 6.07) is 11.3. The van der Waals surface area contributed by atoms with Crippen LogP contribution in [0.5, 0.6) is 0 Å². The number of nitro groups is 1. The van der Waals surface area contributed by atoms with Crippen molar-refractivity contribution in [1.82, 2.24) is 4.57 Å². The van der Waals surface area contributed by atoms with E-state index in [1.807, 2.05) is 30.3 Å². The van der Waals surface area contributed by atoms with Gasteiger partial charge in [-0.05, 0) is 25.1 Å². The molecule has 0 unspecified atom stereocenters. The number of rotatable bonds is 3. The second-order valence-corrected chi connectivity index (χ2v) is 5.45. The Bertz CT molecular complexity index is 1010. The van der Waals surface area contributed by atoms with E-state index in [4.69, 9.17) is 4.74 Å². The van der Waals surface area contributed by atoms with Gasteiger partial charge in [-0.25, -0.2) is 4.79 Å². The van der Waals surface area contributed by atoms with Gasteiger partial charge in [0.05, 0.1) is 29.2 Å². The van der Waals surface area contributed by atoms with Gasteiger partial charge in [-0.15, -0.1) is 0 Å². The summed E-state index contributed by atoms with van der Waals surface area (Å²) in [7, 11) is 1.23. The Hall–Kier alpha value is -3.48. The summed E-state index contributed by atoms with van der Waals surface area (Å²) in [5.74, 6) is -0.660. The zero-order valence-corrected chi connectivity index (χ0v) is 13.6. The number of aromatic nitrogens is 1. The summed E-state index contributed by atoms with van der Waals surface area (Å²) < 4.78 is 6.50. The van der Waals surface area contributed by atoms with Crippen LogP contribution < -0.4 is 5.43 Å². The number of nitrogens with zero attached hydrogens (tertiary/aromatic N) is 2. The van der Waals surface area contributed by atoms with Crippen molar-refractivity contribution in [3.63, 3.8) is 0 Å². The van der Waals surface area contributed by atoms with Crippen LogP contribution in [-0.4, -0.2) is 22.6 Å². The summed E-state index contributed by atoms with van der Waals surface area (Å²) in [6.07, 6.45) is 1.56. The average molecular weight is 338 g/mol. The fraction of sp³-hybridized carbons (Fsp3) is 0.111. The van der Waals surface area contributed by atoms with E-state index in [1.54, 1.807) is 17.7 Å². The molecule has 1 aliphatic carbocycles. The number of hydrogen-bond donors (Lipinski definition) is 0. The minimum Gasteiger partial charge on any atom is -0.465 e. The van der Waals surface area contributed by atoms with Crippen LogP contribution in [0.4, 0.5) is 5.69 Å². The van der Waals surface area contributed by atoms with Gasteiger partial charge in [0.15, 0.2) is 5.43 Å². The SMILES string of the molecule is COC(=O)c1c2cc(=O)cc([N+](=O)[O-])c-2cn(-c2ccccc2)c1C. The van der Waals surface area contributed by atoms with Crippen molar-refractivity contribution in [3.8, 4) is 16.8 Å². The van der Waals surface area contributed by atoms with Gasteiger partial charge in [-0.3, -0.25) is 14.9 Å². The maximum Gasteiger partial charge on any atom is 0.340 e. The molecule has 3 rings (SSSR count). The van der Waals surface area contributed by atoms with Crippen LogP contribution in [0.25, 0.3) is 16.8 Å². The Labute approximate surface area is 142 Å². The second-order valence-electron chi connectivity index (χ2n) is 5.45. The van der Waals surface area contributed by atoms with Crippen molar-refractivity contribution < 1.29 is 14.5 Å². The highest BCUT2D eigenvalue weighted by atomic mass is 16.6. The molecule has 0 aromatic heterocycles. The highest BCUT2D eigenvalue weighted by Crippen LogP contribution is 2.35. The fourth-order valence-corrected chi connectivity index (χ4v) is 2.86. The molecule has 0 saturated carbocycles. The van der Waals surface area contributed by atoms with Crippen molar-refractivity contribution >= 4 is 11.7 Å². The molecule has 25 heavy (non-hydrogen) atoms. The number of benzene rings is 2. The van der Waals surface area contributed by atoms with Crippen LogP contribution in [0.3, 0.4) is 0 Å². The van der Waals surface area contributed by atoms with Crippen molar-refractivity contribution in [2.24, 2.45) is 0 Å². The summed E-state index contributed by atoms with van der Waals surface area (Å²) in [5, 5.41) is 11.4. The Morgan fingerprint density at radius 1 is 1.16 bits per heavy atom. The van der Waals surface area contributed by atoms with Gasteiger partial charge in [-0.2, -0.15) is 0 Å². The Kier molecular flexibility index (Phi) is 4.06. The van der Waals surface area contributed by atoms with Crippen LogP contribution in [0.2, 0.25) is 0 Å². The zero-order valence-electron chi connectivity index (χ0n) is 13.6. The Morgan fingerprint density at radius 2 is 1.84 bits per heavy atom. The lowest BCUT2D eigenvalue weighted by Crippen LogP contribution is -2.16. The third-order valence-corrected chi connectivity index (χ3v) is 4.00. The van der Waals surface area contributed by atoms with Gasteiger partial charge in [0.2, 0.25) is 0 Å². The van der Waals surface area contributed by atoms with Crippen LogP contribution >= 0.6 is 0 Å². The molecule has 0 radical (unpaired) electrons. The monoisotopic (exact) mass is 338 g/mol. The predicted molar refractivity (Wildman–Crippen MR) is 91.4 cm³/mol. The number of methoxy groups -OCH3 is 1. The van der Waals surface area contributed by atoms with Crippen molar-refractivity contribution in [1.29, 1.82) is 0 Å². The van der Waals surface area contributed by atoms with Crippen molar-refractivity contribution in [2.75, 3.05) is 7.11 Å². The van der Waals surface area contributed by atoms with E-state index in [0.717, 1.165) is 11.8 Å². The third-order valence-electron chi connectivity index (χ3n) is 4.00.